The van der Waals surface area contributed by atoms with Crippen molar-refractivity contribution in [3.8, 4) is 5.75 Å². The number of benzene rings is 1. The molecule has 1 aromatic carbocycles. The summed E-state index contributed by atoms with van der Waals surface area (Å²) < 4.78 is 18.5. The Labute approximate surface area is 109 Å². The van der Waals surface area contributed by atoms with E-state index in [0.717, 1.165) is 0 Å². The number of pyridine rings is 1. The van der Waals surface area contributed by atoms with Gasteiger partial charge in [0.25, 0.3) is 5.91 Å². The molecule has 0 bridgehead atoms. The van der Waals surface area contributed by atoms with E-state index >= 15 is 0 Å². The lowest BCUT2D eigenvalue weighted by Crippen LogP contribution is -2.13. The Morgan fingerprint density at radius 2 is 2.16 bits per heavy atom. The van der Waals surface area contributed by atoms with E-state index in [1.165, 1.54) is 43.6 Å². The van der Waals surface area contributed by atoms with Gasteiger partial charge in [0.1, 0.15) is 17.4 Å². The molecule has 0 unspecified atom stereocenters. The molecule has 1 aromatic heterocycles. The number of rotatable bonds is 3. The second kappa shape index (κ2) is 5.34. The number of nitrogen functional groups attached to an aromatic ring is 1. The van der Waals surface area contributed by atoms with Gasteiger partial charge in [-0.05, 0) is 24.3 Å². The Kier molecular flexibility index (Phi) is 3.61. The highest BCUT2D eigenvalue weighted by Crippen LogP contribution is 2.21. The lowest BCUT2D eigenvalue weighted by Gasteiger charge is -2.08. The van der Waals surface area contributed by atoms with Crippen molar-refractivity contribution < 1.29 is 13.9 Å². The van der Waals surface area contributed by atoms with Crippen LogP contribution in [0.4, 0.5) is 15.9 Å². The van der Waals surface area contributed by atoms with Crippen LogP contribution in [0, 0.1) is 5.82 Å². The second-order valence-electron chi connectivity index (χ2n) is 3.77. The van der Waals surface area contributed by atoms with Crippen LogP contribution in [-0.4, -0.2) is 18.0 Å². The number of hydrogen-bond acceptors (Lipinski definition) is 4. The van der Waals surface area contributed by atoms with Gasteiger partial charge >= 0.3 is 0 Å². The van der Waals surface area contributed by atoms with Crippen LogP contribution in [0.25, 0.3) is 0 Å². The number of hydrogen-bond donors (Lipinski definition) is 2. The smallest absolute Gasteiger partial charge is 0.257 e. The van der Waals surface area contributed by atoms with Gasteiger partial charge in [0.15, 0.2) is 0 Å². The zero-order valence-corrected chi connectivity index (χ0v) is 10.2. The highest BCUT2D eigenvalue weighted by atomic mass is 19.1. The molecule has 0 aliphatic rings. The number of anilines is 2. The Hall–Kier alpha value is -2.63. The van der Waals surface area contributed by atoms with Crippen molar-refractivity contribution in [2.45, 2.75) is 0 Å². The van der Waals surface area contributed by atoms with Crippen molar-refractivity contribution >= 4 is 17.4 Å². The van der Waals surface area contributed by atoms with Crippen LogP contribution >= 0.6 is 0 Å². The fourth-order valence-corrected chi connectivity index (χ4v) is 1.46. The van der Waals surface area contributed by atoms with Gasteiger partial charge in [-0.1, -0.05) is 0 Å². The molecule has 0 saturated heterocycles. The van der Waals surface area contributed by atoms with E-state index in [1.807, 2.05) is 0 Å². The van der Waals surface area contributed by atoms with E-state index in [-0.39, 0.29) is 11.3 Å². The molecule has 0 saturated carbocycles. The Morgan fingerprint density at radius 3 is 2.79 bits per heavy atom. The highest BCUT2D eigenvalue weighted by Gasteiger charge is 2.10. The van der Waals surface area contributed by atoms with Crippen molar-refractivity contribution in [1.82, 2.24) is 4.98 Å². The quantitative estimate of drug-likeness (QED) is 0.886. The van der Waals surface area contributed by atoms with Gasteiger partial charge in [0.2, 0.25) is 0 Å². The summed E-state index contributed by atoms with van der Waals surface area (Å²) >= 11 is 0. The van der Waals surface area contributed by atoms with Crippen LogP contribution < -0.4 is 15.8 Å². The standard InChI is InChI=1S/C13H12FN3O2/c1-19-9-3-4-10(14)11(6-9)17-13(18)8-2-5-12(15)16-7-8/h2-7H,1H3,(H2,15,16)(H,17,18). The van der Waals surface area contributed by atoms with Crippen molar-refractivity contribution in [2.24, 2.45) is 0 Å². The zero-order chi connectivity index (χ0) is 13.8. The molecule has 0 spiro atoms. The molecule has 19 heavy (non-hydrogen) atoms. The van der Waals surface area contributed by atoms with Gasteiger partial charge in [-0.15, -0.1) is 0 Å². The lowest BCUT2D eigenvalue weighted by molar-refractivity contribution is 0.102. The average Bonchev–Trinajstić information content (AvgIpc) is 2.42. The number of aromatic nitrogens is 1. The molecule has 1 amide bonds. The normalized spacial score (nSPS) is 10.0. The maximum absolute atomic E-state index is 13.5. The van der Waals surface area contributed by atoms with Crippen LogP contribution in [0.15, 0.2) is 36.5 Å². The lowest BCUT2D eigenvalue weighted by atomic mass is 10.2. The molecular weight excluding hydrogens is 249 g/mol. The summed E-state index contributed by atoms with van der Waals surface area (Å²) in [4.78, 5) is 15.7. The number of halogens is 1. The van der Waals surface area contributed by atoms with E-state index in [9.17, 15) is 9.18 Å². The molecule has 0 atom stereocenters. The molecule has 98 valence electrons. The molecule has 6 heteroatoms. The summed E-state index contributed by atoms with van der Waals surface area (Å²) in [5.41, 5.74) is 5.75. The third kappa shape index (κ3) is 2.98. The fourth-order valence-electron chi connectivity index (χ4n) is 1.46. The van der Waals surface area contributed by atoms with Gasteiger partial charge in [0, 0.05) is 12.3 Å². The Morgan fingerprint density at radius 1 is 1.37 bits per heavy atom. The van der Waals surface area contributed by atoms with E-state index in [2.05, 4.69) is 10.3 Å². The second-order valence-corrected chi connectivity index (χ2v) is 3.77. The summed E-state index contributed by atoms with van der Waals surface area (Å²) in [5.74, 6) is -0.256. The van der Waals surface area contributed by atoms with E-state index < -0.39 is 11.7 Å². The maximum atomic E-state index is 13.5. The number of ether oxygens (including phenoxy) is 1. The minimum Gasteiger partial charge on any atom is -0.497 e. The first-order valence-electron chi connectivity index (χ1n) is 5.46. The van der Waals surface area contributed by atoms with Gasteiger partial charge in [-0.3, -0.25) is 4.79 Å². The summed E-state index contributed by atoms with van der Waals surface area (Å²) in [6.45, 7) is 0. The van der Waals surface area contributed by atoms with Crippen LogP contribution in [0.1, 0.15) is 10.4 Å². The number of amides is 1. The highest BCUT2D eigenvalue weighted by molar-refractivity contribution is 6.04. The number of carbonyl (C=O) groups is 1. The largest absolute Gasteiger partial charge is 0.497 e. The fraction of sp³-hybridized carbons (Fsp3) is 0.0769. The molecule has 0 aliphatic carbocycles. The first kappa shape index (κ1) is 12.8. The minimum atomic E-state index is -0.544. The van der Waals surface area contributed by atoms with Gasteiger partial charge in [-0.2, -0.15) is 0 Å². The molecular formula is C13H12FN3O2. The van der Waals surface area contributed by atoms with Crippen LogP contribution in [0.2, 0.25) is 0 Å². The maximum Gasteiger partial charge on any atom is 0.257 e. The average molecular weight is 261 g/mol. The summed E-state index contributed by atoms with van der Waals surface area (Å²) in [6.07, 6.45) is 1.32. The number of nitrogens with one attached hydrogen (secondary N) is 1. The molecule has 3 N–H and O–H groups in total. The number of methoxy groups -OCH3 is 1. The Bertz CT molecular complexity index is 599. The van der Waals surface area contributed by atoms with E-state index in [4.69, 9.17) is 10.5 Å². The number of nitrogens with two attached hydrogens (primary N) is 1. The topological polar surface area (TPSA) is 77.2 Å². The molecule has 0 aliphatic heterocycles. The molecule has 2 rings (SSSR count). The monoisotopic (exact) mass is 261 g/mol. The number of nitrogens with zero attached hydrogens (tertiary/aromatic N) is 1. The zero-order valence-electron chi connectivity index (χ0n) is 10.2. The predicted molar refractivity (Wildman–Crippen MR) is 69.6 cm³/mol. The summed E-state index contributed by atoms with van der Waals surface area (Å²) in [5, 5.41) is 2.45. The molecule has 0 radical (unpaired) electrons. The summed E-state index contributed by atoms with van der Waals surface area (Å²) in [6, 6.07) is 7.09. The minimum absolute atomic E-state index is 0.0428. The molecule has 5 nitrogen and oxygen atoms in total. The van der Waals surface area contributed by atoms with Crippen molar-refractivity contribution in [3.05, 3.63) is 47.9 Å². The molecule has 1 heterocycles. The summed E-state index contributed by atoms with van der Waals surface area (Å²) in [7, 11) is 1.46. The third-order valence-electron chi connectivity index (χ3n) is 2.47. The van der Waals surface area contributed by atoms with Crippen LogP contribution in [0.3, 0.4) is 0 Å². The van der Waals surface area contributed by atoms with E-state index in [0.29, 0.717) is 11.6 Å². The third-order valence-corrected chi connectivity index (χ3v) is 2.47. The van der Waals surface area contributed by atoms with Crippen molar-refractivity contribution in [3.63, 3.8) is 0 Å². The SMILES string of the molecule is COc1ccc(F)c(NC(=O)c2ccc(N)nc2)c1. The van der Waals surface area contributed by atoms with E-state index in [1.54, 1.807) is 0 Å². The van der Waals surface area contributed by atoms with Crippen molar-refractivity contribution in [1.29, 1.82) is 0 Å². The van der Waals surface area contributed by atoms with Crippen molar-refractivity contribution in [2.75, 3.05) is 18.2 Å². The van der Waals surface area contributed by atoms with Crippen LogP contribution in [0.5, 0.6) is 5.75 Å². The number of carbonyl (C=O) groups excluding carboxylic acids is 1. The molecule has 0 fully saturated rings. The van der Waals surface area contributed by atoms with Gasteiger partial charge in [-0.25, -0.2) is 9.37 Å². The first-order valence-corrected chi connectivity index (χ1v) is 5.46. The Balaban J connectivity index is 2.21. The predicted octanol–water partition coefficient (Wildman–Crippen LogP) is 2.06. The first-order chi connectivity index (χ1) is 9.10. The van der Waals surface area contributed by atoms with Gasteiger partial charge < -0.3 is 15.8 Å². The van der Waals surface area contributed by atoms with Gasteiger partial charge in [0.05, 0.1) is 18.4 Å². The van der Waals surface area contributed by atoms with Crippen LogP contribution in [-0.2, 0) is 0 Å². The molecule has 2 aromatic rings.